The Morgan fingerprint density at radius 3 is 2.63 bits per heavy atom. The zero-order chi connectivity index (χ0) is 19.6. The average Bonchev–Trinajstić information content (AvgIpc) is 2.87. The Hall–Kier alpha value is -2.36. The zero-order valence-corrected chi connectivity index (χ0v) is 16.9. The van der Waals surface area contributed by atoms with Gasteiger partial charge in [0.25, 0.3) is 5.91 Å². The molecule has 138 valence electrons. The summed E-state index contributed by atoms with van der Waals surface area (Å²) in [5, 5.41) is 21.8. The highest BCUT2D eigenvalue weighted by Crippen LogP contribution is 2.34. The monoisotopic (exact) mass is 464 g/mol. The molecule has 0 spiro atoms. The Bertz CT molecular complexity index is 960. The highest BCUT2D eigenvalue weighted by atomic mass is 79.9. The van der Waals surface area contributed by atoms with E-state index in [1.165, 1.54) is 29.2 Å². The van der Waals surface area contributed by atoms with E-state index in [0.29, 0.717) is 16.2 Å². The van der Waals surface area contributed by atoms with Crippen molar-refractivity contribution in [3.05, 3.63) is 57.4 Å². The van der Waals surface area contributed by atoms with E-state index in [9.17, 15) is 19.8 Å². The summed E-state index contributed by atoms with van der Waals surface area (Å²) in [6.07, 6.45) is 1.54. The molecule has 1 heterocycles. The summed E-state index contributed by atoms with van der Waals surface area (Å²) in [5.74, 6) is -0.687. The molecule has 0 aliphatic carbocycles. The molecule has 0 aromatic heterocycles. The molecule has 1 aliphatic rings. The number of aromatic hydroxyl groups is 2. The molecule has 2 aromatic rings. The van der Waals surface area contributed by atoms with Crippen molar-refractivity contribution in [1.82, 2.24) is 4.90 Å². The second kappa shape index (κ2) is 8.12. The lowest BCUT2D eigenvalue weighted by Gasteiger charge is -2.14. The third-order valence-electron chi connectivity index (χ3n) is 3.60. The summed E-state index contributed by atoms with van der Waals surface area (Å²) in [6, 6.07) is 10.9. The normalized spacial score (nSPS) is 15.4. The lowest BCUT2D eigenvalue weighted by atomic mass is 10.2. The van der Waals surface area contributed by atoms with Gasteiger partial charge in [-0.1, -0.05) is 39.9 Å². The quantitative estimate of drug-likeness (QED) is 0.363. The number of amides is 2. The van der Waals surface area contributed by atoms with Crippen LogP contribution in [0.3, 0.4) is 0 Å². The van der Waals surface area contributed by atoms with Gasteiger partial charge < -0.3 is 15.5 Å². The maximum Gasteiger partial charge on any atom is 0.266 e. The van der Waals surface area contributed by atoms with E-state index in [4.69, 9.17) is 12.2 Å². The molecule has 6 nitrogen and oxygen atoms in total. The maximum absolute atomic E-state index is 12.6. The van der Waals surface area contributed by atoms with Crippen LogP contribution >= 0.6 is 39.9 Å². The van der Waals surface area contributed by atoms with Gasteiger partial charge in [0.1, 0.15) is 22.4 Å². The van der Waals surface area contributed by atoms with Crippen molar-refractivity contribution in [2.75, 3.05) is 11.9 Å². The SMILES string of the molecule is O=C(CN1C(=O)/C(=C/c2cc(Br)ccc2O)SC1=S)Nc1ccc(O)cc1. The fraction of sp³-hybridized carbons (Fsp3) is 0.0556. The van der Waals surface area contributed by atoms with Crippen LogP contribution in [-0.2, 0) is 9.59 Å². The van der Waals surface area contributed by atoms with E-state index in [0.717, 1.165) is 16.2 Å². The number of anilines is 1. The zero-order valence-electron chi connectivity index (χ0n) is 13.7. The fourth-order valence-corrected chi connectivity index (χ4v) is 3.93. The first kappa shape index (κ1) is 19.4. The van der Waals surface area contributed by atoms with Crippen LogP contribution in [0.25, 0.3) is 6.08 Å². The van der Waals surface area contributed by atoms with Gasteiger partial charge in [0.05, 0.1) is 4.91 Å². The molecule has 0 bridgehead atoms. The molecular formula is C18H13BrN2O4S2. The number of carbonyl (C=O) groups excluding carboxylic acids is 2. The molecular weight excluding hydrogens is 452 g/mol. The van der Waals surface area contributed by atoms with Crippen LogP contribution in [0.2, 0.25) is 0 Å². The Labute approximate surface area is 173 Å². The first-order valence-electron chi connectivity index (χ1n) is 7.66. The molecule has 1 saturated heterocycles. The second-order valence-corrected chi connectivity index (χ2v) is 8.16. The third kappa shape index (κ3) is 4.68. The molecule has 2 aromatic carbocycles. The first-order chi connectivity index (χ1) is 12.8. The Morgan fingerprint density at radius 1 is 1.22 bits per heavy atom. The summed E-state index contributed by atoms with van der Waals surface area (Å²) in [5.41, 5.74) is 0.969. The number of hydrogen-bond donors (Lipinski definition) is 3. The van der Waals surface area contributed by atoms with Gasteiger partial charge in [0.2, 0.25) is 5.91 Å². The summed E-state index contributed by atoms with van der Waals surface area (Å²) in [7, 11) is 0. The number of rotatable bonds is 4. The number of nitrogens with one attached hydrogen (secondary N) is 1. The van der Waals surface area contributed by atoms with Gasteiger partial charge in [-0.05, 0) is 48.5 Å². The Kier molecular flexibility index (Phi) is 5.83. The molecule has 2 amide bonds. The van der Waals surface area contributed by atoms with Crippen LogP contribution in [0.15, 0.2) is 51.8 Å². The number of hydrogen-bond acceptors (Lipinski definition) is 6. The van der Waals surface area contributed by atoms with Crippen molar-refractivity contribution in [3.8, 4) is 11.5 Å². The number of phenols is 2. The molecule has 3 rings (SSSR count). The number of phenolic OH excluding ortho intramolecular Hbond substituents is 2. The van der Waals surface area contributed by atoms with E-state index in [-0.39, 0.29) is 22.4 Å². The van der Waals surface area contributed by atoms with Gasteiger partial charge in [-0.3, -0.25) is 14.5 Å². The van der Waals surface area contributed by atoms with Crippen molar-refractivity contribution >= 4 is 67.8 Å². The molecule has 3 N–H and O–H groups in total. The number of nitrogens with zero attached hydrogens (tertiary/aromatic N) is 1. The van der Waals surface area contributed by atoms with Crippen LogP contribution in [0.5, 0.6) is 11.5 Å². The molecule has 0 unspecified atom stereocenters. The number of benzene rings is 2. The summed E-state index contributed by atoms with van der Waals surface area (Å²) in [4.78, 5) is 26.3. The number of carbonyl (C=O) groups is 2. The Balaban J connectivity index is 1.72. The van der Waals surface area contributed by atoms with Crippen LogP contribution in [0.4, 0.5) is 5.69 Å². The van der Waals surface area contributed by atoms with E-state index >= 15 is 0 Å². The van der Waals surface area contributed by atoms with E-state index < -0.39 is 11.8 Å². The fourth-order valence-electron chi connectivity index (χ4n) is 2.31. The number of halogens is 1. The van der Waals surface area contributed by atoms with Gasteiger partial charge in [0, 0.05) is 15.7 Å². The van der Waals surface area contributed by atoms with Gasteiger partial charge in [0.15, 0.2) is 0 Å². The molecule has 0 saturated carbocycles. The summed E-state index contributed by atoms with van der Waals surface area (Å²) >= 11 is 9.60. The number of thiocarbonyl (C=S) groups is 1. The standard InChI is InChI=1S/C18H13BrN2O4S2/c19-11-1-6-14(23)10(7-11)8-15-17(25)21(18(26)27-15)9-16(24)20-12-2-4-13(22)5-3-12/h1-8,22-23H,9H2,(H,20,24)/b15-8-. The van der Waals surface area contributed by atoms with Crippen LogP contribution in [-0.4, -0.2) is 37.8 Å². The molecule has 1 aliphatic heterocycles. The van der Waals surface area contributed by atoms with Gasteiger partial charge >= 0.3 is 0 Å². The minimum Gasteiger partial charge on any atom is -0.508 e. The molecule has 27 heavy (non-hydrogen) atoms. The van der Waals surface area contributed by atoms with E-state index in [1.807, 2.05) is 0 Å². The van der Waals surface area contributed by atoms with Crippen LogP contribution < -0.4 is 5.32 Å². The predicted molar refractivity (Wildman–Crippen MR) is 112 cm³/mol. The van der Waals surface area contributed by atoms with Crippen molar-refractivity contribution in [2.24, 2.45) is 0 Å². The molecule has 0 atom stereocenters. The van der Waals surface area contributed by atoms with E-state index in [2.05, 4.69) is 21.2 Å². The maximum atomic E-state index is 12.6. The highest BCUT2D eigenvalue weighted by Gasteiger charge is 2.33. The number of thioether (sulfide) groups is 1. The first-order valence-corrected chi connectivity index (χ1v) is 9.68. The lowest BCUT2D eigenvalue weighted by molar-refractivity contribution is -0.126. The van der Waals surface area contributed by atoms with Gasteiger partial charge in [-0.25, -0.2) is 0 Å². The van der Waals surface area contributed by atoms with Gasteiger partial charge in [-0.15, -0.1) is 0 Å². The van der Waals surface area contributed by atoms with Crippen LogP contribution in [0, 0.1) is 0 Å². The van der Waals surface area contributed by atoms with Crippen molar-refractivity contribution in [1.29, 1.82) is 0 Å². The third-order valence-corrected chi connectivity index (χ3v) is 5.47. The summed E-state index contributed by atoms with van der Waals surface area (Å²) in [6.45, 7) is -0.229. The minimum atomic E-state index is -0.413. The second-order valence-electron chi connectivity index (χ2n) is 5.57. The topological polar surface area (TPSA) is 89.9 Å². The van der Waals surface area contributed by atoms with Crippen molar-refractivity contribution < 1.29 is 19.8 Å². The van der Waals surface area contributed by atoms with Crippen molar-refractivity contribution in [3.63, 3.8) is 0 Å². The predicted octanol–water partition coefficient (Wildman–Crippen LogP) is 3.70. The lowest BCUT2D eigenvalue weighted by Crippen LogP contribution is -2.36. The van der Waals surface area contributed by atoms with Crippen molar-refractivity contribution in [2.45, 2.75) is 0 Å². The molecule has 0 radical (unpaired) electrons. The average molecular weight is 465 g/mol. The summed E-state index contributed by atoms with van der Waals surface area (Å²) < 4.78 is 1.02. The minimum absolute atomic E-state index is 0.0357. The Morgan fingerprint density at radius 2 is 1.93 bits per heavy atom. The van der Waals surface area contributed by atoms with E-state index in [1.54, 1.807) is 24.3 Å². The largest absolute Gasteiger partial charge is 0.508 e. The highest BCUT2D eigenvalue weighted by molar-refractivity contribution is 9.10. The molecule has 9 heteroatoms. The molecule has 1 fully saturated rings. The van der Waals surface area contributed by atoms with Crippen LogP contribution in [0.1, 0.15) is 5.56 Å². The smallest absolute Gasteiger partial charge is 0.266 e. The van der Waals surface area contributed by atoms with Gasteiger partial charge in [-0.2, -0.15) is 0 Å².